The van der Waals surface area contributed by atoms with Gasteiger partial charge in [-0.25, -0.2) is 4.79 Å². The van der Waals surface area contributed by atoms with Gasteiger partial charge in [-0.3, -0.25) is 0 Å². The van der Waals surface area contributed by atoms with E-state index < -0.39 is 5.97 Å². The summed E-state index contributed by atoms with van der Waals surface area (Å²) in [6.07, 6.45) is 0.156. The van der Waals surface area contributed by atoms with Crippen LogP contribution in [0.25, 0.3) is 0 Å². The molecule has 0 fully saturated rings. The fraction of sp³-hybridized carbons (Fsp3) is 0.188. The SMILES string of the molecule is COc1ccc(C2Cc3c(ccc(O)c3C(=O)O)O2)cc1. The van der Waals surface area contributed by atoms with Crippen molar-refractivity contribution in [1.29, 1.82) is 0 Å². The van der Waals surface area contributed by atoms with Crippen LogP contribution in [-0.4, -0.2) is 23.3 Å². The molecule has 1 atom stereocenters. The van der Waals surface area contributed by atoms with E-state index in [1.807, 2.05) is 24.3 Å². The number of rotatable bonds is 3. The van der Waals surface area contributed by atoms with E-state index in [0.29, 0.717) is 17.7 Å². The molecule has 3 rings (SSSR count). The standard InChI is InChI=1S/C16H14O5/c1-20-10-4-2-9(3-5-10)14-8-11-13(21-14)7-6-12(17)15(11)16(18)19/h2-7,14,17H,8H2,1H3,(H,18,19). The van der Waals surface area contributed by atoms with Gasteiger partial charge < -0.3 is 19.7 Å². The van der Waals surface area contributed by atoms with Crippen molar-refractivity contribution in [2.75, 3.05) is 7.11 Å². The number of carbonyl (C=O) groups is 1. The first-order valence-corrected chi connectivity index (χ1v) is 6.49. The van der Waals surface area contributed by atoms with Crippen LogP contribution >= 0.6 is 0 Å². The fourth-order valence-corrected chi connectivity index (χ4v) is 2.55. The fourth-order valence-electron chi connectivity index (χ4n) is 2.55. The topological polar surface area (TPSA) is 76.0 Å². The Kier molecular flexibility index (Phi) is 3.17. The molecule has 0 saturated heterocycles. The first-order chi connectivity index (χ1) is 10.1. The highest BCUT2D eigenvalue weighted by Crippen LogP contribution is 2.41. The molecule has 2 aromatic rings. The van der Waals surface area contributed by atoms with Crippen LogP contribution in [0.3, 0.4) is 0 Å². The highest BCUT2D eigenvalue weighted by atomic mass is 16.5. The molecule has 1 aliphatic rings. The van der Waals surface area contributed by atoms with Gasteiger partial charge >= 0.3 is 5.97 Å². The maximum Gasteiger partial charge on any atom is 0.339 e. The Morgan fingerprint density at radius 3 is 2.57 bits per heavy atom. The van der Waals surface area contributed by atoms with Crippen LogP contribution < -0.4 is 9.47 Å². The van der Waals surface area contributed by atoms with Crippen molar-refractivity contribution in [2.45, 2.75) is 12.5 Å². The molecule has 0 amide bonds. The number of phenols is 1. The number of methoxy groups -OCH3 is 1. The van der Waals surface area contributed by atoms with Crippen molar-refractivity contribution in [3.05, 3.63) is 53.1 Å². The van der Waals surface area contributed by atoms with E-state index in [2.05, 4.69) is 0 Å². The third-order valence-electron chi connectivity index (χ3n) is 3.61. The van der Waals surface area contributed by atoms with Crippen molar-refractivity contribution < 1.29 is 24.5 Å². The number of fused-ring (bicyclic) bond motifs is 1. The van der Waals surface area contributed by atoms with Gasteiger partial charge in [-0.05, 0) is 29.8 Å². The third kappa shape index (κ3) is 2.27. The molecule has 2 N–H and O–H groups in total. The molecule has 0 aromatic heterocycles. The molecule has 0 bridgehead atoms. The molecule has 1 heterocycles. The zero-order valence-electron chi connectivity index (χ0n) is 11.4. The van der Waals surface area contributed by atoms with Gasteiger partial charge in [0.2, 0.25) is 0 Å². The Bertz CT molecular complexity index is 691. The zero-order chi connectivity index (χ0) is 15.0. The number of hydrogen-bond acceptors (Lipinski definition) is 4. The lowest BCUT2D eigenvalue weighted by molar-refractivity contribution is 0.0692. The molecule has 0 aliphatic carbocycles. The molecular formula is C16H14O5. The molecule has 5 heteroatoms. The van der Waals surface area contributed by atoms with Gasteiger partial charge in [-0.2, -0.15) is 0 Å². The highest BCUT2D eigenvalue weighted by Gasteiger charge is 2.30. The Balaban J connectivity index is 1.93. The van der Waals surface area contributed by atoms with Gasteiger partial charge in [0, 0.05) is 12.0 Å². The van der Waals surface area contributed by atoms with Crippen molar-refractivity contribution in [2.24, 2.45) is 0 Å². The summed E-state index contributed by atoms with van der Waals surface area (Å²) in [5.41, 5.74) is 1.38. The number of hydrogen-bond donors (Lipinski definition) is 2. The number of carboxylic acids is 1. The van der Waals surface area contributed by atoms with E-state index in [4.69, 9.17) is 9.47 Å². The molecular weight excluding hydrogens is 272 g/mol. The van der Waals surface area contributed by atoms with Gasteiger partial charge in [0.15, 0.2) is 0 Å². The van der Waals surface area contributed by atoms with E-state index in [0.717, 1.165) is 11.3 Å². The second-order valence-electron chi connectivity index (χ2n) is 4.83. The van der Waals surface area contributed by atoms with Crippen molar-refractivity contribution in [1.82, 2.24) is 0 Å². The maximum absolute atomic E-state index is 11.3. The summed E-state index contributed by atoms with van der Waals surface area (Å²) >= 11 is 0. The van der Waals surface area contributed by atoms with Crippen LogP contribution in [0.5, 0.6) is 17.2 Å². The molecule has 1 unspecified atom stereocenters. The minimum atomic E-state index is -1.15. The van der Waals surface area contributed by atoms with E-state index in [1.54, 1.807) is 13.2 Å². The normalized spacial score (nSPS) is 16.1. The highest BCUT2D eigenvalue weighted by molar-refractivity contribution is 5.93. The second-order valence-corrected chi connectivity index (χ2v) is 4.83. The summed E-state index contributed by atoms with van der Waals surface area (Å²) in [4.78, 5) is 11.3. The lowest BCUT2D eigenvalue weighted by Crippen LogP contribution is -2.04. The van der Waals surface area contributed by atoms with E-state index in [-0.39, 0.29) is 17.4 Å². The molecule has 1 aliphatic heterocycles. The summed E-state index contributed by atoms with van der Waals surface area (Å²) < 4.78 is 10.9. The molecule has 5 nitrogen and oxygen atoms in total. The van der Waals surface area contributed by atoms with Crippen molar-refractivity contribution >= 4 is 5.97 Å². The van der Waals surface area contributed by atoms with Crippen LogP contribution in [0.2, 0.25) is 0 Å². The average molecular weight is 286 g/mol. The number of benzene rings is 2. The summed E-state index contributed by atoms with van der Waals surface area (Å²) in [5.74, 6) is -0.132. The molecule has 0 radical (unpaired) electrons. The number of carboxylic acid groups (broad SMARTS) is 1. The molecule has 21 heavy (non-hydrogen) atoms. The first kappa shape index (κ1) is 13.3. The van der Waals surface area contributed by atoms with Crippen molar-refractivity contribution in [3.63, 3.8) is 0 Å². The average Bonchev–Trinajstić information content (AvgIpc) is 2.90. The summed E-state index contributed by atoms with van der Waals surface area (Å²) in [5, 5.41) is 18.9. The zero-order valence-corrected chi connectivity index (χ0v) is 11.4. The van der Waals surface area contributed by atoms with Gasteiger partial charge in [0.05, 0.1) is 7.11 Å². The molecule has 0 saturated carbocycles. The van der Waals surface area contributed by atoms with Crippen LogP contribution in [0, 0.1) is 0 Å². The summed E-state index contributed by atoms with van der Waals surface area (Å²) in [6, 6.07) is 10.4. The summed E-state index contributed by atoms with van der Waals surface area (Å²) in [6.45, 7) is 0. The minimum absolute atomic E-state index is 0.0801. The monoisotopic (exact) mass is 286 g/mol. The first-order valence-electron chi connectivity index (χ1n) is 6.49. The van der Waals surface area contributed by atoms with Gasteiger partial charge in [-0.1, -0.05) is 12.1 Å². The lowest BCUT2D eigenvalue weighted by atomic mass is 9.99. The summed E-state index contributed by atoms with van der Waals surface area (Å²) in [7, 11) is 1.60. The van der Waals surface area contributed by atoms with E-state index >= 15 is 0 Å². The van der Waals surface area contributed by atoms with Gasteiger partial charge in [0.1, 0.15) is 28.9 Å². The predicted molar refractivity (Wildman–Crippen MR) is 75.1 cm³/mol. The van der Waals surface area contributed by atoms with Gasteiger partial charge in [0.25, 0.3) is 0 Å². The predicted octanol–water partition coefficient (Wildman–Crippen LogP) is 2.78. The quantitative estimate of drug-likeness (QED) is 0.907. The lowest BCUT2D eigenvalue weighted by Gasteiger charge is -2.11. The molecule has 2 aromatic carbocycles. The largest absolute Gasteiger partial charge is 0.507 e. The Hall–Kier alpha value is -2.69. The van der Waals surface area contributed by atoms with Crippen molar-refractivity contribution in [3.8, 4) is 17.2 Å². The molecule has 0 spiro atoms. The van der Waals surface area contributed by atoms with E-state index in [1.165, 1.54) is 6.07 Å². The van der Waals surface area contributed by atoms with Crippen LogP contribution in [-0.2, 0) is 6.42 Å². The third-order valence-corrected chi connectivity index (χ3v) is 3.61. The Morgan fingerprint density at radius 1 is 1.24 bits per heavy atom. The van der Waals surface area contributed by atoms with Gasteiger partial charge in [-0.15, -0.1) is 0 Å². The number of aromatic carboxylic acids is 1. The smallest absolute Gasteiger partial charge is 0.339 e. The molecule has 108 valence electrons. The number of ether oxygens (including phenoxy) is 2. The van der Waals surface area contributed by atoms with Crippen LogP contribution in [0.4, 0.5) is 0 Å². The van der Waals surface area contributed by atoms with Crippen LogP contribution in [0.1, 0.15) is 27.6 Å². The second kappa shape index (κ2) is 5.01. The van der Waals surface area contributed by atoms with Crippen LogP contribution in [0.15, 0.2) is 36.4 Å². The maximum atomic E-state index is 11.3. The van der Waals surface area contributed by atoms with E-state index in [9.17, 15) is 15.0 Å². The Labute approximate surface area is 121 Å². The Morgan fingerprint density at radius 2 is 1.95 bits per heavy atom. The minimum Gasteiger partial charge on any atom is -0.507 e. The number of aromatic hydroxyl groups is 1.